The molecule has 1 heterocycles. The third-order valence-corrected chi connectivity index (χ3v) is 3.03. The first-order valence-electron chi connectivity index (χ1n) is 5.52. The van der Waals surface area contributed by atoms with Gasteiger partial charge in [-0.25, -0.2) is 4.99 Å². The summed E-state index contributed by atoms with van der Waals surface area (Å²) in [4.78, 5) is 4.49. The Kier molecular flexibility index (Phi) is 4.57. The normalized spacial score (nSPS) is 13.9. The van der Waals surface area contributed by atoms with E-state index in [4.69, 9.17) is 14.2 Å². The molecular weight excluding hydrogens is 300 g/mol. The van der Waals surface area contributed by atoms with Crippen LogP contribution < -0.4 is 10.1 Å². The van der Waals surface area contributed by atoms with Crippen molar-refractivity contribution in [3.63, 3.8) is 0 Å². The van der Waals surface area contributed by atoms with E-state index in [1.165, 1.54) is 0 Å². The second-order valence-electron chi connectivity index (χ2n) is 3.74. The van der Waals surface area contributed by atoms with Crippen LogP contribution in [0, 0.1) is 0 Å². The molecule has 1 aliphatic rings. The van der Waals surface area contributed by atoms with E-state index in [0.717, 1.165) is 21.7 Å². The number of rotatable bonds is 4. The first kappa shape index (κ1) is 13.3. The number of benzene rings is 1. The molecule has 5 nitrogen and oxygen atoms in total. The summed E-state index contributed by atoms with van der Waals surface area (Å²) in [6.07, 6.45) is -0.295. The minimum Gasteiger partial charge on any atom is -0.483 e. The van der Waals surface area contributed by atoms with Crippen LogP contribution in [0.3, 0.4) is 0 Å². The molecule has 0 fully saturated rings. The van der Waals surface area contributed by atoms with Crippen molar-refractivity contribution >= 4 is 27.5 Å². The molecular formula is C12H15BrN2O3. The topological polar surface area (TPSA) is 52.1 Å². The van der Waals surface area contributed by atoms with Gasteiger partial charge in [0, 0.05) is 18.7 Å². The molecule has 0 saturated carbocycles. The first-order chi connectivity index (χ1) is 8.72. The van der Waals surface area contributed by atoms with Crippen LogP contribution >= 0.6 is 15.9 Å². The Hall–Kier alpha value is -1.11. The van der Waals surface area contributed by atoms with E-state index >= 15 is 0 Å². The second-order valence-corrected chi connectivity index (χ2v) is 4.66. The molecule has 0 unspecified atom stereocenters. The summed E-state index contributed by atoms with van der Waals surface area (Å²) in [5.41, 5.74) is 0.810. The van der Waals surface area contributed by atoms with Gasteiger partial charge < -0.3 is 19.5 Å². The lowest BCUT2D eigenvalue weighted by Crippen LogP contribution is -2.37. The van der Waals surface area contributed by atoms with Crippen molar-refractivity contribution in [2.45, 2.75) is 6.29 Å². The highest BCUT2D eigenvalue weighted by molar-refractivity contribution is 9.10. The number of methoxy groups -OCH3 is 2. The van der Waals surface area contributed by atoms with Crippen LogP contribution in [0.1, 0.15) is 0 Å². The maximum absolute atomic E-state index is 5.59. The zero-order valence-electron chi connectivity index (χ0n) is 10.3. The Bertz CT molecular complexity index is 447. The van der Waals surface area contributed by atoms with Crippen molar-refractivity contribution in [3.05, 3.63) is 22.7 Å². The Labute approximate surface area is 114 Å². The summed E-state index contributed by atoms with van der Waals surface area (Å²) in [7, 11) is 3.20. The Morgan fingerprint density at radius 3 is 2.94 bits per heavy atom. The molecule has 0 aliphatic carbocycles. The molecule has 1 aliphatic heterocycles. The molecule has 0 atom stereocenters. The highest BCUT2D eigenvalue weighted by Gasteiger charge is 2.14. The van der Waals surface area contributed by atoms with Gasteiger partial charge in [0.05, 0.1) is 6.54 Å². The highest BCUT2D eigenvalue weighted by Crippen LogP contribution is 2.32. The number of fused-ring (bicyclic) bond motifs is 1. The predicted octanol–water partition coefficient (Wildman–Crippen LogP) is 2.08. The fourth-order valence-electron chi connectivity index (χ4n) is 1.58. The Morgan fingerprint density at radius 1 is 1.44 bits per heavy atom. The highest BCUT2D eigenvalue weighted by atomic mass is 79.9. The molecule has 0 radical (unpaired) electrons. The minimum atomic E-state index is -0.295. The van der Waals surface area contributed by atoms with Crippen LogP contribution in [-0.2, 0) is 9.47 Å². The van der Waals surface area contributed by atoms with Crippen LogP contribution in [0.15, 0.2) is 27.7 Å². The van der Waals surface area contributed by atoms with Crippen LogP contribution in [0.4, 0.5) is 5.69 Å². The minimum absolute atomic E-state index is 0.295. The van der Waals surface area contributed by atoms with E-state index in [1.54, 1.807) is 14.2 Å². The number of nitrogens with one attached hydrogen (secondary N) is 1. The molecule has 0 saturated heterocycles. The SMILES string of the molecule is COC(CNC1=Nc2cc(Br)ccc2OC1)OC. The van der Waals surface area contributed by atoms with Crippen molar-refractivity contribution in [2.75, 3.05) is 27.4 Å². The number of nitrogens with zero attached hydrogens (tertiary/aromatic N) is 1. The average Bonchev–Trinajstić information content (AvgIpc) is 2.39. The Morgan fingerprint density at radius 2 is 2.22 bits per heavy atom. The van der Waals surface area contributed by atoms with Gasteiger partial charge in [-0.1, -0.05) is 15.9 Å². The van der Waals surface area contributed by atoms with Gasteiger partial charge in [0.15, 0.2) is 6.29 Å². The van der Waals surface area contributed by atoms with Gasteiger partial charge in [0.1, 0.15) is 23.9 Å². The van der Waals surface area contributed by atoms with Gasteiger partial charge in [0.2, 0.25) is 0 Å². The summed E-state index contributed by atoms with van der Waals surface area (Å²) in [6, 6.07) is 5.74. The molecule has 18 heavy (non-hydrogen) atoms. The quantitative estimate of drug-likeness (QED) is 0.865. The lowest BCUT2D eigenvalue weighted by atomic mass is 10.3. The van der Waals surface area contributed by atoms with E-state index in [0.29, 0.717) is 13.2 Å². The van der Waals surface area contributed by atoms with Gasteiger partial charge in [-0.15, -0.1) is 0 Å². The monoisotopic (exact) mass is 314 g/mol. The number of ether oxygens (including phenoxy) is 3. The first-order valence-corrected chi connectivity index (χ1v) is 6.31. The number of hydrogen-bond donors (Lipinski definition) is 1. The maximum atomic E-state index is 5.59. The second kappa shape index (κ2) is 6.17. The summed E-state index contributed by atoms with van der Waals surface area (Å²) >= 11 is 3.41. The van der Waals surface area contributed by atoms with Crippen LogP contribution in [-0.4, -0.2) is 39.5 Å². The van der Waals surface area contributed by atoms with Gasteiger partial charge >= 0.3 is 0 Å². The van der Waals surface area contributed by atoms with Gasteiger partial charge in [-0.3, -0.25) is 0 Å². The zero-order chi connectivity index (χ0) is 13.0. The van der Waals surface area contributed by atoms with E-state index in [9.17, 15) is 0 Å². The van der Waals surface area contributed by atoms with E-state index in [2.05, 4.69) is 26.2 Å². The smallest absolute Gasteiger partial charge is 0.173 e. The third-order valence-electron chi connectivity index (χ3n) is 2.54. The maximum Gasteiger partial charge on any atom is 0.173 e. The van der Waals surface area contributed by atoms with Crippen molar-refractivity contribution in [1.82, 2.24) is 5.32 Å². The molecule has 0 amide bonds. The molecule has 2 rings (SSSR count). The fraction of sp³-hybridized carbons (Fsp3) is 0.417. The fourth-order valence-corrected chi connectivity index (χ4v) is 1.93. The molecule has 1 aromatic carbocycles. The molecule has 0 bridgehead atoms. The number of halogens is 1. The van der Waals surface area contributed by atoms with E-state index < -0.39 is 0 Å². The molecule has 1 N–H and O–H groups in total. The summed E-state index contributed by atoms with van der Waals surface area (Å²) in [6.45, 7) is 0.952. The van der Waals surface area contributed by atoms with Crippen molar-refractivity contribution in [2.24, 2.45) is 4.99 Å². The lowest BCUT2D eigenvalue weighted by Gasteiger charge is -2.20. The largest absolute Gasteiger partial charge is 0.483 e. The lowest BCUT2D eigenvalue weighted by molar-refractivity contribution is -0.0966. The van der Waals surface area contributed by atoms with Gasteiger partial charge in [-0.2, -0.15) is 0 Å². The van der Waals surface area contributed by atoms with Crippen LogP contribution in [0.5, 0.6) is 5.75 Å². The van der Waals surface area contributed by atoms with Crippen LogP contribution in [0.25, 0.3) is 0 Å². The summed E-state index contributed by atoms with van der Waals surface area (Å²) in [5.74, 6) is 1.55. The van der Waals surface area contributed by atoms with Gasteiger partial charge in [0.25, 0.3) is 0 Å². The molecule has 0 spiro atoms. The number of aliphatic imine (C=N–C) groups is 1. The third kappa shape index (κ3) is 3.22. The van der Waals surface area contributed by atoms with Crippen molar-refractivity contribution in [3.8, 4) is 5.75 Å². The molecule has 98 valence electrons. The molecule has 1 aromatic rings. The predicted molar refractivity (Wildman–Crippen MR) is 72.5 cm³/mol. The summed E-state index contributed by atoms with van der Waals surface area (Å²) in [5, 5.41) is 3.14. The molecule has 0 aromatic heterocycles. The zero-order valence-corrected chi connectivity index (χ0v) is 11.9. The standard InChI is InChI=1S/C12H15BrN2O3/c1-16-12(17-2)6-14-11-7-18-10-4-3-8(13)5-9(10)15-11/h3-5,12H,6-7H2,1-2H3,(H,14,15). The average molecular weight is 315 g/mol. The number of amidine groups is 1. The van der Waals surface area contributed by atoms with Crippen molar-refractivity contribution in [1.29, 1.82) is 0 Å². The van der Waals surface area contributed by atoms with E-state index in [1.807, 2.05) is 18.2 Å². The Balaban J connectivity index is 2.03. The summed E-state index contributed by atoms with van der Waals surface area (Å²) < 4.78 is 16.8. The van der Waals surface area contributed by atoms with E-state index in [-0.39, 0.29) is 6.29 Å². The van der Waals surface area contributed by atoms with Crippen LogP contribution in [0.2, 0.25) is 0 Å². The van der Waals surface area contributed by atoms with Crippen molar-refractivity contribution < 1.29 is 14.2 Å². The molecule has 6 heteroatoms. The van der Waals surface area contributed by atoms with Gasteiger partial charge in [-0.05, 0) is 18.2 Å². The number of hydrogen-bond acceptors (Lipinski definition) is 5.